The smallest absolute Gasteiger partial charge is 0.408 e. The van der Waals surface area contributed by atoms with Gasteiger partial charge in [-0.25, -0.2) is 4.79 Å². The summed E-state index contributed by atoms with van der Waals surface area (Å²) in [7, 11) is 0. The number of carboxylic acids is 2. The first-order valence-corrected chi connectivity index (χ1v) is 18.4. The molecule has 6 N–H and O–H groups in total. The van der Waals surface area contributed by atoms with Crippen LogP contribution in [-0.4, -0.2) is 97.5 Å². The Morgan fingerprint density at radius 3 is 2.06 bits per heavy atom. The molecule has 1 aromatic carbocycles. The van der Waals surface area contributed by atoms with Crippen LogP contribution in [0.4, 0.5) is 4.79 Å². The molecule has 3 aliphatic carbocycles. The van der Waals surface area contributed by atoms with Crippen molar-refractivity contribution in [1.82, 2.24) is 5.32 Å². The molecule has 1 amide bonds. The van der Waals surface area contributed by atoms with E-state index in [0.29, 0.717) is 29.7 Å². The van der Waals surface area contributed by atoms with E-state index in [1.165, 1.54) is 0 Å². The molecule has 2 bridgehead atoms. The number of hydrogen-bond donors (Lipinski definition) is 6. The first-order chi connectivity index (χ1) is 24.8. The second kappa shape index (κ2) is 16.9. The van der Waals surface area contributed by atoms with Gasteiger partial charge in [-0.05, 0) is 63.7 Å². The summed E-state index contributed by atoms with van der Waals surface area (Å²) in [5.41, 5.74) is -2.98. The molecule has 14 nitrogen and oxygen atoms in total. The predicted octanol–water partition coefficient (Wildman–Crippen LogP) is 4.59. The highest BCUT2D eigenvalue weighted by atomic mass is 16.6. The normalized spacial score (nSPS) is 31.6. The Bertz CT molecular complexity index is 1580. The van der Waals surface area contributed by atoms with Crippen LogP contribution in [0.25, 0.3) is 0 Å². The first kappa shape index (κ1) is 44.5. The number of aliphatic hydroxyl groups excluding tert-OH is 2. The summed E-state index contributed by atoms with van der Waals surface area (Å²) < 4.78 is 17.1. The second-order valence-electron chi connectivity index (χ2n) is 16.9. The molecule has 0 radical (unpaired) electrons. The number of Topliss-reactive ketones (excluding diaryl/α,β-unsaturated/α-hetero) is 1. The number of aliphatic hydroxyl groups is 3. The number of esters is 1. The average Bonchev–Trinajstić information content (AvgIpc) is 3.02. The number of nitrogens with one attached hydrogen (secondary N) is 1. The largest absolute Gasteiger partial charge is 0.481 e. The highest BCUT2D eigenvalue weighted by molar-refractivity contribution is 5.93. The molecule has 9 atom stereocenters. The number of hydrogen-bond acceptors (Lipinski definition) is 11. The van der Waals surface area contributed by atoms with Crippen molar-refractivity contribution < 1.29 is 63.7 Å². The molecule has 2 saturated carbocycles. The van der Waals surface area contributed by atoms with Crippen molar-refractivity contribution in [3.63, 3.8) is 0 Å². The van der Waals surface area contributed by atoms with Crippen molar-refractivity contribution in [1.29, 1.82) is 0 Å². The van der Waals surface area contributed by atoms with Crippen LogP contribution in [-0.2, 0) is 33.4 Å². The SMILES string of the molecule is CC(=O)O.CC(C)C(=O)O.CC1=C2C(O)C(=O)C3(C)C(O)CC4OCC4C3CC(O)(C[C@@H]1OC(=O)CC(NC(=O)OC(C)(C)C)c1ccccc1)C2(C)C. The summed E-state index contributed by atoms with van der Waals surface area (Å²) in [5, 5.41) is 53.5. The predicted molar refractivity (Wildman–Crippen MR) is 196 cm³/mol. The van der Waals surface area contributed by atoms with Gasteiger partial charge in [0.15, 0.2) is 5.78 Å². The van der Waals surface area contributed by atoms with E-state index >= 15 is 0 Å². The molecule has 8 unspecified atom stereocenters. The molecule has 5 rings (SSSR count). The van der Waals surface area contributed by atoms with Crippen molar-refractivity contribution in [2.45, 2.75) is 137 Å². The quantitative estimate of drug-likeness (QED) is 0.173. The number of carbonyl (C=O) groups is 5. The zero-order chi connectivity index (χ0) is 41.1. The number of carbonyl (C=O) groups excluding carboxylic acids is 3. The lowest BCUT2D eigenvalue weighted by Gasteiger charge is -2.62. The van der Waals surface area contributed by atoms with Crippen LogP contribution >= 0.6 is 0 Å². The fourth-order valence-corrected chi connectivity index (χ4v) is 8.04. The maximum atomic E-state index is 14.1. The monoisotopic (exact) mass is 761 g/mol. The van der Waals surface area contributed by atoms with Crippen molar-refractivity contribution in [2.24, 2.45) is 28.6 Å². The number of aliphatic carboxylic acids is 2. The van der Waals surface area contributed by atoms with E-state index in [9.17, 15) is 34.5 Å². The zero-order valence-electron chi connectivity index (χ0n) is 33.0. The minimum absolute atomic E-state index is 0.0421. The molecule has 54 heavy (non-hydrogen) atoms. The van der Waals surface area contributed by atoms with Gasteiger partial charge in [-0.3, -0.25) is 19.2 Å². The Labute approximate surface area is 317 Å². The van der Waals surface area contributed by atoms with Crippen LogP contribution < -0.4 is 5.32 Å². The highest BCUT2D eigenvalue weighted by Gasteiger charge is 2.67. The number of rotatable bonds is 6. The van der Waals surface area contributed by atoms with Gasteiger partial charge in [0.25, 0.3) is 5.97 Å². The summed E-state index contributed by atoms with van der Waals surface area (Å²) in [4.78, 5) is 59.0. The van der Waals surface area contributed by atoms with Crippen LogP contribution in [0.5, 0.6) is 0 Å². The van der Waals surface area contributed by atoms with Crippen molar-refractivity contribution in [3.8, 4) is 0 Å². The number of benzene rings is 1. The molecule has 1 saturated heterocycles. The third-order valence-corrected chi connectivity index (χ3v) is 11.3. The molecule has 0 spiro atoms. The molecule has 14 heteroatoms. The van der Waals surface area contributed by atoms with Gasteiger partial charge in [-0.15, -0.1) is 0 Å². The van der Waals surface area contributed by atoms with Gasteiger partial charge in [0.2, 0.25) is 0 Å². The average molecular weight is 762 g/mol. The summed E-state index contributed by atoms with van der Waals surface area (Å²) in [6, 6.07) is 8.28. The van der Waals surface area contributed by atoms with E-state index in [-0.39, 0.29) is 37.2 Å². The fraction of sp³-hybridized carbons (Fsp3) is 0.675. The first-order valence-electron chi connectivity index (χ1n) is 18.4. The van der Waals surface area contributed by atoms with Gasteiger partial charge in [0, 0.05) is 31.1 Å². The van der Waals surface area contributed by atoms with E-state index in [1.807, 2.05) is 19.9 Å². The Kier molecular flexibility index (Phi) is 13.9. The summed E-state index contributed by atoms with van der Waals surface area (Å²) in [5.74, 6) is -3.39. The van der Waals surface area contributed by atoms with E-state index in [1.54, 1.807) is 72.7 Å². The third kappa shape index (κ3) is 9.68. The zero-order valence-corrected chi connectivity index (χ0v) is 33.0. The topological polar surface area (TPSA) is 226 Å². The third-order valence-electron chi connectivity index (χ3n) is 11.3. The van der Waals surface area contributed by atoms with Gasteiger partial charge in [0.1, 0.15) is 17.8 Å². The van der Waals surface area contributed by atoms with Crippen LogP contribution in [0, 0.1) is 28.6 Å². The van der Waals surface area contributed by atoms with Gasteiger partial charge in [-0.2, -0.15) is 0 Å². The van der Waals surface area contributed by atoms with Gasteiger partial charge in [0.05, 0.1) is 48.2 Å². The second-order valence-corrected chi connectivity index (χ2v) is 16.9. The molecule has 1 aliphatic heterocycles. The Morgan fingerprint density at radius 1 is 1.02 bits per heavy atom. The fourth-order valence-electron chi connectivity index (χ4n) is 8.04. The molecule has 4 aliphatic rings. The Balaban J connectivity index is 0.000000695. The number of ketones is 1. The minimum atomic E-state index is -1.59. The lowest BCUT2D eigenvalue weighted by Crippen LogP contribution is -2.69. The summed E-state index contributed by atoms with van der Waals surface area (Å²) in [6.45, 7) is 17.1. The summed E-state index contributed by atoms with van der Waals surface area (Å²) in [6.07, 6.45) is -4.09. The van der Waals surface area contributed by atoms with Crippen molar-refractivity contribution in [2.75, 3.05) is 6.61 Å². The summed E-state index contributed by atoms with van der Waals surface area (Å²) >= 11 is 0. The van der Waals surface area contributed by atoms with E-state index in [2.05, 4.69) is 5.32 Å². The molecule has 302 valence electrons. The van der Waals surface area contributed by atoms with Crippen molar-refractivity contribution in [3.05, 3.63) is 47.0 Å². The number of carboxylic acid groups (broad SMARTS) is 2. The van der Waals surface area contributed by atoms with E-state index < -0.39 is 82.1 Å². The van der Waals surface area contributed by atoms with Gasteiger partial charge in [-0.1, -0.05) is 58.0 Å². The molecular weight excluding hydrogens is 702 g/mol. The Morgan fingerprint density at radius 2 is 1.57 bits per heavy atom. The molecule has 3 fully saturated rings. The molecule has 0 aromatic heterocycles. The highest BCUT2D eigenvalue weighted by Crippen LogP contribution is 2.61. The van der Waals surface area contributed by atoms with Crippen LogP contribution in [0.1, 0.15) is 107 Å². The standard InChI is InChI=1S/C34H47NO9.C4H8O2.C2H4O2/c1-18-24(43-26(37)13-22(19-11-9-8-10-12-19)35-30(40)44-31(2,3)4)16-34(41)15-21-20-17-42-23(20)14-25(36)33(21,7)29(39)28(38)27(18)32(34,5)6;1-3(2)4(5)6;1-2(3)4/h8-12,20-25,28,36,38,41H,13-17H2,1-7H3,(H,35,40);3H,1-2H3,(H,5,6);1H3,(H,3,4)/t20?,21?,22?,23?,24-,25?,28?,33?,34?;;/m0../s1. The number of alkyl carbamates (subject to hydrolysis) is 1. The lowest BCUT2D eigenvalue weighted by atomic mass is 9.47. The van der Waals surface area contributed by atoms with Gasteiger partial charge >= 0.3 is 18.0 Å². The lowest BCUT2D eigenvalue weighted by molar-refractivity contribution is -0.243. The van der Waals surface area contributed by atoms with Gasteiger partial charge < -0.3 is 45.1 Å². The van der Waals surface area contributed by atoms with Crippen LogP contribution in [0.3, 0.4) is 0 Å². The maximum absolute atomic E-state index is 14.1. The van der Waals surface area contributed by atoms with Crippen molar-refractivity contribution >= 4 is 29.8 Å². The molecule has 1 aromatic rings. The molecular formula is C40H59NO13. The number of fused-ring (bicyclic) bond motifs is 5. The van der Waals surface area contributed by atoms with E-state index in [0.717, 1.165) is 6.92 Å². The van der Waals surface area contributed by atoms with Crippen LogP contribution in [0.2, 0.25) is 0 Å². The number of amides is 1. The minimum Gasteiger partial charge on any atom is -0.481 e. The molecule has 1 heterocycles. The number of ether oxygens (including phenoxy) is 3. The Hall–Kier alpha value is -3.85. The van der Waals surface area contributed by atoms with E-state index in [4.69, 9.17) is 29.2 Å². The van der Waals surface area contributed by atoms with Crippen LogP contribution in [0.15, 0.2) is 41.5 Å². The maximum Gasteiger partial charge on any atom is 0.408 e.